The van der Waals surface area contributed by atoms with Crippen LogP contribution in [0, 0.1) is 6.92 Å². The Bertz CT molecular complexity index is 1540. The first-order chi connectivity index (χ1) is 17.5. The van der Waals surface area contributed by atoms with Crippen LogP contribution in [-0.2, 0) is 0 Å². The van der Waals surface area contributed by atoms with E-state index >= 15 is 0 Å². The minimum atomic E-state index is 0.401. The van der Waals surface area contributed by atoms with Crippen molar-refractivity contribution in [2.45, 2.75) is 32.9 Å². The summed E-state index contributed by atoms with van der Waals surface area (Å²) in [7, 11) is 0. The number of fused-ring (bicyclic) bond motifs is 2. The van der Waals surface area contributed by atoms with Crippen molar-refractivity contribution in [3.63, 3.8) is 0 Å². The maximum Gasteiger partial charge on any atom is 0.160 e. The van der Waals surface area contributed by atoms with Gasteiger partial charge in [-0.05, 0) is 62.7 Å². The van der Waals surface area contributed by atoms with Gasteiger partial charge in [0.25, 0.3) is 0 Å². The molecule has 1 aliphatic heterocycles. The van der Waals surface area contributed by atoms with Crippen LogP contribution >= 0.6 is 0 Å². The molecule has 0 bridgehead atoms. The van der Waals surface area contributed by atoms with Gasteiger partial charge in [0.2, 0.25) is 0 Å². The molecule has 0 amide bonds. The van der Waals surface area contributed by atoms with Crippen molar-refractivity contribution in [2.75, 3.05) is 23.3 Å². The quantitative estimate of drug-likeness (QED) is 0.384. The molecule has 2 atom stereocenters. The molecule has 5 aromatic rings. The van der Waals surface area contributed by atoms with Crippen LogP contribution in [-0.4, -0.2) is 54.7 Å². The lowest BCUT2D eigenvalue weighted by molar-refractivity contribution is 0.405. The van der Waals surface area contributed by atoms with Gasteiger partial charge in [-0.1, -0.05) is 0 Å². The number of aryl methyl sites for hydroxylation is 1. The van der Waals surface area contributed by atoms with E-state index in [1.54, 1.807) is 10.8 Å². The first-order valence-electron chi connectivity index (χ1n) is 12.0. The molecule has 0 aliphatic carbocycles. The third kappa shape index (κ3) is 4.38. The molecule has 0 spiro atoms. The highest BCUT2D eigenvalue weighted by molar-refractivity contribution is 5.88. The number of nitrogens with zero attached hydrogens (tertiary/aromatic N) is 7. The third-order valence-corrected chi connectivity index (χ3v) is 6.27. The smallest absolute Gasteiger partial charge is 0.160 e. The SMILES string of the molecule is Cc1cc(Nc2ncnc3ccc(N4CC(C)NC(C)C4)nc23)ccc1Oc1ccn2ncnc2c1. The maximum atomic E-state index is 6.10. The molecule has 6 rings (SSSR count). The second kappa shape index (κ2) is 9.04. The number of hydrogen-bond acceptors (Lipinski definition) is 9. The predicted octanol–water partition coefficient (Wildman–Crippen LogP) is 4.10. The number of hydrogen-bond donors (Lipinski definition) is 2. The molecule has 0 radical (unpaired) electrons. The molecule has 1 aliphatic rings. The Morgan fingerprint density at radius 2 is 1.83 bits per heavy atom. The highest BCUT2D eigenvalue weighted by Gasteiger charge is 2.22. The van der Waals surface area contributed by atoms with Crippen molar-refractivity contribution in [2.24, 2.45) is 0 Å². The molecule has 10 nitrogen and oxygen atoms in total. The van der Waals surface area contributed by atoms with Gasteiger partial charge in [0.1, 0.15) is 35.5 Å². The third-order valence-electron chi connectivity index (χ3n) is 6.27. The van der Waals surface area contributed by atoms with Crippen molar-refractivity contribution in [3.8, 4) is 11.5 Å². The van der Waals surface area contributed by atoms with Crippen LogP contribution < -0.4 is 20.3 Å². The Kier molecular flexibility index (Phi) is 5.57. The number of nitrogens with one attached hydrogen (secondary N) is 2. The van der Waals surface area contributed by atoms with E-state index < -0.39 is 0 Å². The van der Waals surface area contributed by atoms with Crippen LogP contribution in [0.25, 0.3) is 16.7 Å². The standard InChI is InChI=1S/C26H27N9O/c1-16-10-19(4-6-22(16)36-20-8-9-35-24(11-20)28-15-30-35)32-26-25-21(27-14-29-26)5-7-23(33-25)34-12-17(2)31-18(3)13-34/h4-11,14-15,17-18,31H,12-13H2,1-3H3,(H,27,29,32). The molecule has 5 heterocycles. The lowest BCUT2D eigenvalue weighted by atomic mass is 10.1. The van der Waals surface area contributed by atoms with E-state index in [-0.39, 0.29) is 0 Å². The van der Waals surface area contributed by atoms with Crippen LogP contribution in [0.1, 0.15) is 19.4 Å². The van der Waals surface area contributed by atoms with Crippen LogP contribution in [0.3, 0.4) is 0 Å². The van der Waals surface area contributed by atoms with E-state index in [1.165, 1.54) is 6.33 Å². The van der Waals surface area contributed by atoms with Gasteiger partial charge in [-0.2, -0.15) is 5.10 Å². The molecule has 0 saturated carbocycles. The van der Waals surface area contributed by atoms with Crippen molar-refractivity contribution in [1.29, 1.82) is 0 Å². The lowest BCUT2D eigenvalue weighted by Crippen LogP contribution is -2.54. The normalized spacial score (nSPS) is 18.0. The second-order valence-corrected chi connectivity index (χ2v) is 9.27. The summed E-state index contributed by atoms with van der Waals surface area (Å²) in [6.07, 6.45) is 4.91. The molecule has 1 fully saturated rings. The summed E-state index contributed by atoms with van der Waals surface area (Å²) in [6, 6.07) is 14.5. The van der Waals surface area contributed by atoms with E-state index in [0.717, 1.165) is 52.6 Å². The van der Waals surface area contributed by atoms with Gasteiger partial charge in [-0.3, -0.25) is 0 Å². The van der Waals surface area contributed by atoms with Gasteiger partial charge in [0.05, 0.1) is 5.52 Å². The minimum absolute atomic E-state index is 0.401. The monoisotopic (exact) mass is 481 g/mol. The number of ether oxygens (including phenoxy) is 1. The van der Waals surface area contributed by atoms with Crippen molar-refractivity contribution >= 4 is 34.0 Å². The highest BCUT2D eigenvalue weighted by Crippen LogP contribution is 2.30. The van der Waals surface area contributed by atoms with Gasteiger partial charge in [-0.25, -0.2) is 24.5 Å². The molecule has 182 valence electrons. The summed E-state index contributed by atoms with van der Waals surface area (Å²) in [5.41, 5.74) is 4.15. The average molecular weight is 482 g/mol. The summed E-state index contributed by atoms with van der Waals surface area (Å²) in [5.74, 6) is 3.07. The van der Waals surface area contributed by atoms with Gasteiger partial charge >= 0.3 is 0 Å². The van der Waals surface area contributed by atoms with E-state index in [9.17, 15) is 0 Å². The van der Waals surface area contributed by atoms with E-state index in [2.05, 4.69) is 49.4 Å². The summed E-state index contributed by atoms with van der Waals surface area (Å²) < 4.78 is 7.80. The molecule has 4 aromatic heterocycles. The number of anilines is 3. The molecule has 36 heavy (non-hydrogen) atoms. The zero-order valence-corrected chi connectivity index (χ0v) is 20.4. The minimum Gasteiger partial charge on any atom is -0.457 e. The Morgan fingerprint density at radius 1 is 0.972 bits per heavy atom. The van der Waals surface area contributed by atoms with E-state index in [1.807, 2.05) is 55.6 Å². The topological polar surface area (TPSA) is 105 Å². The fourth-order valence-electron chi connectivity index (χ4n) is 4.68. The van der Waals surface area contributed by atoms with Crippen LogP contribution in [0.2, 0.25) is 0 Å². The second-order valence-electron chi connectivity index (χ2n) is 9.27. The lowest BCUT2D eigenvalue weighted by Gasteiger charge is -2.37. The van der Waals surface area contributed by atoms with Gasteiger partial charge in [0.15, 0.2) is 11.5 Å². The largest absolute Gasteiger partial charge is 0.457 e. The zero-order valence-electron chi connectivity index (χ0n) is 20.4. The molecular formula is C26H27N9O. The van der Waals surface area contributed by atoms with Gasteiger partial charge in [0, 0.05) is 43.1 Å². The van der Waals surface area contributed by atoms with E-state index in [4.69, 9.17) is 9.72 Å². The number of rotatable bonds is 5. The predicted molar refractivity (Wildman–Crippen MR) is 139 cm³/mol. The summed E-state index contributed by atoms with van der Waals surface area (Å²) in [5, 5.41) is 11.1. The Morgan fingerprint density at radius 3 is 2.67 bits per heavy atom. The van der Waals surface area contributed by atoms with Crippen LogP contribution in [0.4, 0.5) is 17.3 Å². The first-order valence-corrected chi connectivity index (χ1v) is 12.0. The number of aromatic nitrogens is 6. The fraction of sp³-hybridized carbons (Fsp3) is 0.269. The Labute approximate surface area is 208 Å². The van der Waals surface area contributed by atoms with Crippen molar-refractivity contribution in [1.82, 2.24) is 34.9 Å². The number of pyridine rings is 2. The zero-order chi connectivity index (χ0) is 24.6. The fourth-order valence-corrected chi connectivity index (χ4v) is 4.68. The summed E-state index contributed by atoms with van der Waals surface area (Å²) in [6.45, 7) is 8.22. The van der Waals surface area contributed by atoms with Crippen molar-refractivity contribution < 1.29 is 4.74 Å². The summed E-state index contributed by atoms with van der Waals surface area (Å²) >= 11 is 0. The summed E-state index contributed by atoms with van der Waals surface area (Å²) in [4.78, 5) is 20.4. The average Bonchev–Trinajstić information content (AvgIpc) is 3.33. The van der Waals surface area contributed by atoms with Crippen LogP contribution in [0.5, 0.6) is 11.5 Å². The molecule has 1 saturated heterocycles. The molecule has 1 aromatic carbocycles. The molecule has 2 N–H and O–H groups in total. The maximum absolute atomic E-state index is 6.10. The Balaban J connectivity index is 1.25. The highest BCUT2D eigenvalue weighted by atomic mass is 16.5. The number of piperazine rings is 1. The first kappa shape index (κ1) is 22.2. The molecule has 10 heteroatoms. The van der Waals surface area contributed by atoms with E-state index in [0.29, 0.717) is 23.7 Å². The van der Waals surface area contributed by atoms with Gasteiger partial charge in [-0.15, -0.1) is 0 Å². The Hall–Kier alpha value is -4.31. The molecular weight excluding hydrogens is 454 g/mol. The molecule has 2 unspecified atom stereocenters. The van der Waals surface area contributed by atoms with Crippen LogP contribution in [0.15, 0.2) is 61.3 Å². The van der Waals surface area contributed by atoms with Gasteiger partial charge < -0.3 is 20.3 Å². The van der Waals surface area contributed by atoms with Crippen molar-refractivity contribution in [3.05, 3.63) is 66.9 Å². The number of benzene rings is 1.